The van der Waals surface area contributed by atoms with Gasteiger partial charge >= 0.3 is 0 Å². The molecule has 1 aromatic carbocycles. The molecular formula is C20H30F2N4. The number of rotatable bonds is 6. The Morgan fingerprint density at radius 2 is 2.00 bits per heavy atom. The molecule has 1 unspecified atom stereocenters. The van der Waals surface area contributed by atoms with Gasteiger partial charge in [-0.3, -0.25) is 4.90 Å². The molecule has 1 heterocycles. The molecule has 1 atom stereocenters. The molecule has 144 valence electrons. The monoisotopic (exact) mass is 364 g/mol. The van der Waals surface area contributed by atoms with E-state index < -0.39 is 5.92 Å². The molecule has 0 aromatic heterocycles. The van der Waals surface area contributed by atoms with E-state index in [9.17, 15) is 8.78 Å². The Morgan fingerprint density at radius 3 is 2.58 bits per heavy atom. The van der Waals surface area contributed by atoms with Crippen molar-refractivity contribution in [3.05, 3.63) is 34.2 Å². The minimum Gasteiger partial charge on any atom is -0.366 e. The molecule has 1 fully saturated rings. The molecule has 2 rings (SSSR count). The molecule has 1 N–H and O–H groups in total. The third kappa shape index (κ3) is 5.35. The molecule has 0 amide bonds. The predicted octanol–water partition coefficient (Wildman–Crippen LogP) is 1.59. The number of likely N-dealkylation sites (N-methyl/N-ethyl adjacent to an activating group) is 1. The van der Waals surface area contributed by atoms with Crippen molar-refractivity contribution in [1.29, 1.82) is 0 Å². The van der Waals surface area contributed by atoms with E-state index in [4.69, 9.17) is 0 Å². The summed E-state index contributed by atoms with van der Waals surface area (Å²) in [5.41, 5.74) is -0.0627. The Morgan fingerprint density at radius 1 is 1.35 bits per heavy atom. The summed E-state index contributed by atoms with van der Waals surface area (Å²) in [6.45, 7) is 13.8. The summed E-state index contributed by atoms with van der Waals surface area (Å²) in [6, 6.07) is 4.99. The number of alkyl halides is 2. The minimum atomic E-state index is -2.93. The fraction of sp³-hybridized carbons (Fsp3) is 0.550. The maximum atomic E-state index is 13.8. The van der Waals surface area contributed by atoms with Crippen LogP contribution < -0.4 is 15.8 Å². The molecule has 1 aliphatic rings. The van der Waals surface area contributed by atoms with Crippen LogP contribution in [0.4, 0.5) is 8.78 Å². The van der Waals surface area contributed by atoms with Crippen molar-refractivity contribution in [2.75, 3.05) is 39.8 Å². The fourth-order valence-corrected chi connectivity index (χ4v) is 3.23. The maximum Gasteiger partial charge on any atom is 0.271 e. The van der Waals surface area contributed by atoms with E-state index in [1.165, 1.54) is 6.07 Å². The number of hydrogen-bond donors (Lipinski definition) is 1. The van der Waals surface area contributed by atoms with Gasteiger partial charge in [-0.2, -0.15) is 0 Å². The van der Waals surface area contributed by atoms with Gasteiger partial charge in [0.15, 0.2) is 0 Å². The van der Waals surface area contributed by atoms with Crippen molar-refractivity contribution in [1.82, 2.24) is 15.1 Å². The highest BCUT2D eigenvalue weighted by Crippen LogP contribution is 2.22. The van der Waals surface area contributed by atoms with Gasteiger partial charge in [-0.15, -0.1) is 0 Å². The zero-order valence-electron chi connectivity index (χ0n) is 16.2. The van der Waals surface area contributed by atoms with Crippen molar-refractivity contribution >= 4 is 18.6 Å². The number of aliphatic imine (C=N–C) groups is 1. The molecule has 0 radical (unpaired) electrons. The second-order valence-corrected chi connectivity index (χ2v) is 7.11. The van der Waals surface area contributed by atoms with Crippen molar-refractivity contribution < 1.29 is 8.78 Å². The summed E-state index contributed by atoms with van der Waals surface area (Å²) in [4.78, 5) is 9.12. The molecule has 1 aromatic rings. The van der Waals surface area contributed by atoms with Crippen LogP contribution >= 0.6 is 0 Å². The van der Waals surface area contributed by atoms with Gasteiger partial charge < -0.3 is 10.2 Å². The van der Waals surface area contributed by atoms with Gasteiger partial charge in [-0.05, 0) is 26.1 Å². The maximum absolute atomic E-state index is 13.8. The van der Waals surface area contributed by atoms with E-state index in [-0.39, 0.29) is 11.6 Å². The largest absolute Gasteiger partial charge is 0.366 e. The molecule has 1 saturated heterocycles. The molecule has 26 heavy (non-hydrogen) atoms. The molecule has 0 bridgehead atoms. The van der Waals surface area contributed by atoms with Gasteiger partial charge in [-0.1, -0.05) is 24.8 Å². The fourth-order valence-electron chi connectivity index (χ4n) is 3.23. The summed E-state index contributed by atoms with van der Waals surface area (Å²) in [7, 11) is 2.13. The lowest BCUT2D eigenvalue weighted by Gasteiger charge is -2.34. The topological polar surface area (TPSA) is 30.9 Å². The standard InChI is InChI=1S/C20H30F2N4/c1-6-23-19(17-8-7-9-18(16(17)3)20(4,21)22)24-15(2)14-26-12-10-25(5)11-13-26/h6-9,15,24H,3,10-14H2,1-2,4-5H3/b19-17+,23-6?. The van der Waals surface area contributed by atoms with Gasteiger partial charge in [0.1, 0.15) is 5.82 Å². The van der Waals surface area contributed by atoms with Gasteiger partial charge in [0.05, 0.1) is 0 Å². The highest BCUT2D eigenvalue weighted by Gasteiger charge is 2.25. The summed E-state index contributed by atoms with van der Waals surface area (Å²) >= 11 is 0. The number of hydrogen-bond acceptors (Lipinski definition) is 4. The lowest BCUT2D eigenvalue weighted by molar-refractivity contribution is 0.0164. The molecule has 6 heteroatoms. The Labute approximate surface area is 154 Å². The minimum absolute atomic E-state index is 0.0627. The van der Waals surface area contributed by atoms with Crippen LogP contribution in [-0.4, -0.2) is 61.8 Å². The number of benzene rings is 1. The van der Waals surface area contributed by atoms with Gasteiger partial charge in [0.2, 0.25) is 0 Å². The molecule has 4 nitrogen and oxygen atoms in total. The normalized spacial score (nSPS) is 19.6. The first-order valence-corrected chi connectivity index (χ1v) is 9.09. The Kier molecular flexibility index (Phi) is 6.89. The number of piperazine rings is 1. The highest BCUT2D eigenvalue weighted by atomic mass is 19.3. The van der Waals surface area contributed by atoms with Crippen LogP contribution in [-0.2, 0) is 5.92 Å². The van der Waals surface area contributed by atoms with Crippen LogP contribution in [0.25, 0.3) is 12.4 Å². The van der Waals surface area contributed by atoms with Gasteiger partial charge in [-0.25, -0.2) is 13.8 Å². The molecule has 0 aliphatic carbocycles. The summed E-state index contributed by atoms with van der Waals surface area (Å²) in [5, 5.41) is 4.33. The Hall–Kier alpha value is -1.79. The first kappa shape index (κ1) is 20.5. The second kappa shape index (κ2) is 8.73. The van der Waals surface area contributed by atoms with Crippen molar-refractivity contribution in [2.45, 2.75) is 32.7 Å². The van der Waals surface area contributed by atoms with E-state index in [0.29, 0.717) is 16.3 Å². The Balaban J connectivity index is 2.26. The zero-order chi connectivity index (χ0) is 19.3. The van der Waals surface area contributed by atoms with Crippen LogP contribution in [0.5, 0.6) is 0 Å². The lowest BCUT2D eigenvalue weighted by Crippen LogP contribution is -2.49. The number of halogens is 2. The lowest BCUT2D eigenvalue weighted by atomic mass is 10.1. The van der Waals surface area contributed by atoms with E-state index in [0.717, 1.165) is 39.6 Å². The third-order valence-electron chi connectivity index (χ3n) is 4.67. The predicted molar refractivity (Wildman–Crippen MR) is 105 cm³/mol. The van der Waals surface area contributed by atoms with Crippen LogP contribution in [0, 0.1) is 0 Å². The van der Waals surface area contributed by atoms with Crippen molar-refractivity contribution in [3.8, 4) is 0 Å². The Bertz CT molecular complexity index is 731. The summed E-state index contributed by atoms with van der Waals surface area (Å²) in [6.07, 6.45) is 1.67. The quantitative estimate of drug-likeness (QED) is 0.778. The van der Waals surface area contributed by atoms with Crippen LogP contribution in [0.2, 0.25) is 0 Å². The van der Waals surface area contributed by atoms with Crippen molar-refractivity contribution in [3.63, 3.8) is 0 Å². The van der Waals surface area contributed by atoms with Crippen molar-refractivity contribution in [2.24, 2.45) is 4.99 Å². The molecular weight excluding hydrogens is 334 g/mol. The second-order valence-electron chi connectivity index (χ2n) is 7.11. The molecule has 0 saturated carbocycles. The summed E-state index contributed by atoms with van der Waals surface area (Å²) in [5.74, 6) is -2.34. The van der Waals surface area contributed by atoms with Crippen LogP contribution in [0.3, 0.4) is 0 Å². The van der Waals surface area contributed by atoms with Crippen LogP contribution in [0.15, 0.2) is 23.2 Å². The van der Waals surface area contributed by atoms with E-state index in [1.54, 1.807) is 18.3 Å². The average Bonchev–Trinajstić information content (AvgIpc) is 2.56. The van der Waals surface area contributed by atoms with E-state index in [2.05, 4.69) is 40.7 Å². The number of nitrogens with one attached hydrogen (secondary N) is 1. The zero-order valence-corrected chi connectivity index (χ0v) is 16.2. The first-order chi connectivity index (χ1) is 12.2. The highest BCUT2D eigenvalue weighted by molar-refractivity contribution is 5.62. The van der Waals surface area contributed by atoms with Gasteiger partial charge in [0.25, 0.3) is 5.92 Å². The van der Waals surface area contributed by atoms with E-state index in [1.807, 2.05) is 6.92 Å². The number of nitrogens with zero attached hydrogens (tertiary/aromatic N) is 3. The first-order valence-electron chi connectivity index (χ1n) is 9.09. The SMILES string of the molecule is C=c1c(C(C)(F)F)ccc/c1=C(/N=CC)NC(C)CN1CCN(C)CC1. The third-order valence-corrected chi connectivity index (χ3v) is 4.67. The van der Waals surface area contributed by atoms with E-state index >= 15 is 0 Å². The average molecular weight is 364 g/mol. The van der Waals surface area contributed by atoms with Gasteiger partial charge in [0, 0.05) is 62.7 Å². The van der Waals surface area contributed by atoms with Crippen LogP contribution in [0.1, 0.15) is 26.3 Å². The molecule has 1 aliphatic heterocycles. The molecule has 0 spiro atoms. The summed E-state index contributed by atoms with van der Waals surface area (Å²) < 4.78 is 27.7. The smallest absolute Gasteiger partial charge is 0.271 e.